The van der Waals surface area contributed by atoms with E-state index >= 15 is 0 Å². The number of hydrogen-bond donors (Lipinski definition) is 0. The number of hydrogen-bond acceptors (Lipinski definition) is 8. The van der Waals surface area contributed by atoms with Gasteiger partial charge in [-0.1, -0.05) is 22.8 Å². The summed E-state index contributed by atoms with van der Waals surface area (Å²) in [6.45, 7) is 5.16. The number of nitrogens with zero attached hydrogens (tertiary/aromatic N) is 5. The van der Waals surface area contributed by atoms with Crippen molar-refractivity contribution in [2.45, 2.75) is 13.0 Å². The van der Waals surface area contributed by atoms with Gasteiger partial charge in [-0.05, 0) is 24.4 Å². The van der Waals surface area contributed by atoms with Gasteiger partial charge in [0.1, 0.15) is 0 Å². The molecule has 3 heterocycles. The Kier molecular flexibility index (Phi) is 5.29. The third-order valence-corrected chi connectivity index (χ3v) is 6.05. The van der Waals surface area contributed by atoms with Crippen LogP contribution in [0.2, 0.25) is 5.02 Å². The first-order chi connectivity index (χ1) is 13.5. The van der Waals surface area contributed by atoms with E-state index < -0.39 is 4.92 Å². The molecule has 0 aliphatic carbocycles. The van der Waals surface area contributed by atoms with Gasteiger partial charge < -0.3 is 9.42 Å². The normalized spacial score (nSPS) is 16.3. The van der Waals surface area contributed by atoms with Crippen LogP contribution in [0, 0.1) is 10.1 Å². The molecule has 1 saturated heterocycles. The number of thiophene rings is 1. The molecule has 10 heteroatoms. The molecule has 1 unspecified atom stereocenters. The lowest BCUT2D eigenvalue weighted by Gasteiger charge is -2.38. The van der Waals surface area contributed by atoms with Gasteiger partial charge in [0.15, 0.2) is 0 Å². The standard InChI is InChI=1S/C18H18ClN5O3S/c1-12(18-20-17(21-27-18)16-3-2-10-28-16)22-6-8-23(9-7-22)15-5-4-13(24(25)26)11-14(15)19/h2-5,10-12H,6-9H2,1H3. The maximum atomic E-state index is 10.9. The molecule has 1 aliphatic heterocycles. The minimum atomic E-state index is -0.440. The summed E-state index contributed by atoms with van der Waals surface area (Å²) in [5, 5.41) is 17.3. The molecule has 3 aromatic rings. The number of aromatic nitrogens is 2. The molecule has 1 aliphatic rings. The maximum Gasteiger partial charge on any atom is 0.271 e. The summed E-state index contributed by atoms with van der Waals surface area (Å²) in [6.07, 6.45) is 0. The van der Waals surface area contributed by atoms with Gasteiger partial charge >= 0.3 is 0 Å². The number of halogens is 1. The molecule has 1 fully saturated rings. The lowest BCUT2D eigenvalue weighted by atomic mass is 10.2. The van der Waals surface area contributed by atoms with Gasteiger partial charge in [-0.15, -0.1) is 11.3 Å². The first-order valence-electron chi connectivity index (χ1n) is 8.83. The zero-order chi connectivity index (χ0) is 19.7. The van der Waals surface area contributed by atoms with Crippen molar-refractivity contribution >= 4 is 34.3 Å². The number of anilines is 1. The minimum Gasteiger partial charge on any atom is -0.368 e. The molecule has 4 rings (SSSR count). The largest absolute Gasteiger partial charge is 0.368 e. The molecule has 0 amide bonds. The monoisotopic (exact) mass is 419 g/mol. The number of non-ortho nitro benzene ring substituents is 1. The molecule has 0 N–H and O–H groups in total. The summed E-state index contributed by atoms with van der Waals surface area (Å²) in [5.41, 5.74) is 0.816. The van der Waals surface area contributed by atoms with Crippen LogP contribution in [0.3, 0.4) is 0 Å². The summed E-state index contributed by atoms with van der Waals surface area (Å²) in [5.74, 6) is 1.22. The lowest BCUT2D eigenvalue weighted by molar-refractivity contribution is -0.384. The van der Waals surface area contributed by atoms with Crippen molar-refractivity contribution in [3.63, 3.8) is 0 Å². The Hall–Kier alpha value is -2.49. The van der Waals surface area contributed by atoms with Crippen molar-refractivity contribution in [3.05, 3.63) is 56.7 Å². The first kappa shape index (κ1) is 18.9. The second-order valence-electron chi connectivity index (χ2n) is 6.53. The van der Waals surface area contributed by atoms with Crippen LogP contribution in [-0.2, 0) is 0 Å². The zero-order valence-electron chi connectivity index (χ0n) is 15.1. The fourth-order valence-corrected chi connectivity index (χ4v) is 4.23. The van der Waals surface area contributed by atoms with Crippen LogP contribution in [0.15, 0.2) is 40.2 Å². The van der Waals surface area contributed by atoms with Crippen molar-refractivity contribution in [3.8, 4) is 10.7 Å². The van der Waals surface area contributed by atoms with E-state index in [1.807, 2.05) is 17.5 Å². The lowest BCUT2D eigenvalue weighted by Crippen LogP contribution is -2.47. The zero-order valence-corrected chi connectivity index (χ0v) is 16.7. The van der Waals surface area contributed by atoms with Crippen molar-refractivity contribution in [2.24, 2.45) is 0 Å². The molecule has 0 spiro atoms. The molecule has 0 saturated carbocycles. The summed E-state index contributed by atoms with van der Waals surface area (Å²) < 4.78 is 5.47. The van der Waals surface area contributed by atoms with E-state index in [1.54, 1.807) is 17.4 Å². The highest BCUT2D eigenvalue weighted by molar-refractivity contribution is 7.13. The molecular weight excluding hydrogens is 402 g/mol. The number of nitro groups is 1. The number of benzene rings is 1. The van der Waals surface area contributed by atoms with E-state index in [9.17, 15) is 10.1 Å². The van der Waals surface area contributed by atoms with Crippen LogP contribution in [-0.4, -0.2) is 46.1 Å². The van der Waals surface area contributed by atoms with Gasteiger partial charge in [-0.2, -0.15) is 4.98 Å². The summed E-state index contributed by atoms with van der Waals surface area (Å²) in [7, 11) is 0. The maximum absolute atomic E-state index is 10.9. The Labute approximate surface area is 170 Å². The second-order valence-corrected chi connectivity index (χ2v) is 7.88. The molecule has 146 valence electrons. The smallest absolute Gasteiger partial charge is 0.271 e. The highest BCUT2D eigenvalue weighted by atomic mass is 35.5. The Balaban J connectivity index is 1.41. The van der Waals surface area contributed by atoms with Crippen LogP contribution in [0.1, 0.15) is 18.9 Å². The molecule has 1 atom stereocenters. The van der Waals surface area contributed by atoms with E-state index in [4.69, 9.17) is 16.1 Å². The molecule has 0 radical (unpaired) electrons. The first-order valence-corrected chi connectivity index (χ1v) is 10.1. The van der Waals surface area contributed by atoms with Crippen LogP contribution in [0.4, 0.5) is 11.4 Å². The van der Waals surface area contributed by atoms with Gasteiger partial charge in [-0.25, -0.2) is 0 Å². The third-order valence-electron chi connectivity index (χ3n) is 4.89. The Morgan fingerprint density at radius 2 is 2.07 bits per heavy atom. The van der Waals surface area contributed by atoms with E-state index in [2.05, 4.69) is 26.9 Å². The third kappa shape index (κ3) is 3.73. The molecule has 0 bridgehead atoms. The van der Waals surface area contributed by atoms with Crippen LogP contribution in [0.5, 0.6) is 0 Å². The van der Waals surface area contributed by atoms with Gasteiger partial charge in [0.05, 0.1) is 26.6 Å². The quantitative estimate of drug-likeness (QED) is 0.451. The van der Waals surface area contributed by atoms with Crippen molar-refractivity contribution in [1.82, 2.24) is 15.0 Å². The van der Waals surface area contributed by atoms with E-state index in [1.165, 1.54) is 12.1 Å². The van der Waals surface area contributed by atoms with Crippen molar-refractivity contribution in [1.29, 1.82) is 0 Å². The predicted octanol–water partition coefficient (Wildman–Crippen LogP) is 4.24. The molecular formula is C18H18ClN5O3S. The van der Waals surface area contributed by atoms with Crippen LogP contribution >= 0.6 is 22.9 Å². The van der Waals surface area contributed by atoms with Gasteiger partial charge in [0.25, 0.3) is 5.69 Å². The molecule has 2 aromatic heterocycles. The topological polar surface area (TPSA) is 88.5 Å². The second kappa shape index (κ2) is 7.86. The van der Waals surface area contributed by atoms with Gasteiger partial charge in [0.2, 0.25) is 11.7 Å². The van der Waals surface area contributed by atoms with Gasteiger partial charge in [-0.3, -0.25) is 15.0 Å². The highest BCUT2D eigenvalue weighted by Gasteiger charge is 2.27. The SMILES string of the molecule is CC(c1nc(-c2cccs2)no1)N1CCN(c2ccc([N+](=O)[O-])cc2Cl)CC1. The molecule has 8 nitrogen and oxygen atoms in total. The predicted molar refractivity (Wildman–Crippen MR) is 108 cm³/mol. The van der Waals surface area contributed by atoms with Gasteiger partial charge in [0, 0.05) is 38.3 Å². The minimum absolute atomic E-state index is 0.000975. The Bertz CT molecular complexity index is 970. The van der Waals surface area contributed by atoms with Crippen LogP contribution in [0.25, 0.3) is 10.7 Å². The summed E-state index contributed by atoms with van der Waals surface area (Å²) >= 11 is 7.84. The molecule has 28 heavy (non-hydrogen) atoms. The van der Waals surface area contributed by atoms with Crippen molar-refractivity contribution in [2.75, 3.05) is 31.1 Å². The summed E-state index contributed by atoms with van der Waals surface area (Å²) in [4.78, 5) is 20.4. The highest BCUT2D eigenvalue weighted by Crippen LogP contribution is 2.32. The Morgan fingerprint density at radius 3 is 2.71 bits per heavy atom. The average Bonchev–Trinajstić information content (AvgIpc) is 3.39. The summed E-state index contributed by atoms with van der Waals surface area (Å²) in [6, 6.07) is 8.54. The van der Waals surface area contributed by atoms with E-state index in [-0.39, 0.29) is 11.7 Å². The van der Waals surface area contributed by atoms with E-state index in [0.29, 0.717) is 16.7 Å². The van der Waals surface area contributed by atoms with Crippen LogP contribution < -0.4 is 4.90 Å². The van der Waals surface area contributed by atoms with E-state index in [0.717, 1.165) is 36.7 Å². The Morgan fingerprint density at radius 1 is 1.29 bits per heavy atom. The molecule has 1 aromatic carbocycles. The number of nitro benzene ring substituents is 1. The number of piperazine rings is 1. The fraction of sp³-hybridized carbons (Fsp3) is 0.333. The fourth-order valence-electron chi connectivity index (χ4n) is 3.28. The average molecular weight is 420 g/mol. The number of rotatable bonds is 5. The van der Waals surface area contributed by atoms with Crippen molar-refractivity contribution < 1.29 is 9.45 Å².